The van der Waals surface area contributed by atoms with Crippen LogP contribution in [0.5, 0.6) is 0 Å². The lowest BCUT2D eigenvalue weighted by Gasteiger charge is -2.47. The highest BCUT2D eigenvalue weighted by atomic mass is 16.5. The zero-order valence-electron chi connectivity index (χ0n) is 11.5. The van der Waals surface area contributed by atoms with Gasteiger partial charge < -0.3 is 15.0 Å². The van der Waals surface area contributed by atoms with E-state index in [1.54, 1.807) is 0 Å². The van der Waals surface area contributed by atoms with Crippen molar-refractivity contribution in [3.63, 3.8) is 0 Å². The van der Waals surface area contributed by atoms with Crippen LogP contribution in [0.15, 0.2) is 0 Å². The molecule has 0 spiro atoms. The normalized spacial score (nSPS) is 25.8. The van der Waals surface area contributed by atoms with Gasteiger partial charge in [-0.15, -0.1) is 0 Å². The fraction of sp³-hybridized carbons (Fsp3) is 1.00. The summed E-state index contributed by atoms with van der Waals surface area (Å²) in [7, 11) is 1.85. The standard InChI is InChI=1S/C14H28N2O/c1-3-4-13-9-16(10-13)11-14(12-17-2)5-7-15-8-6-14/h13,15H,3-12H2,1-2H3. The van der Waals surface area contributed by atoms with E-state index in [1.165, 1.54) is 45.3 Å². The summed E-state index contributed by atoms with van der Waals surface area (Å²) in [6.45, 7) is 9.46. The minimum Gasteiger partial charge on any atom is -0.384 e. The molecule has 0 aromatic heterocycles. The zero-order chi connectivity index (χ0) is 12.1. The van der Waals surface area contributed by atoms with Gasteiger partial charge in [0.25, 0.3) is 0 Å². The van der Waals surface area contributed by atoms with Crippen molar-refractivity contribution < 1.29 is 4.74 Å². The van der Waals surface area contributed by atoms with Crippen LogP contribution in [-0.2, 0) is 4.74 Å². The molecule has 0 aliphatic carbocycles. The largest absolute Gasteiger partial charge is 0.384 e. The predicted molar refractivity (Wildman–Crippen MR) is 71.3 cm³/mol. The number of nitrogens with one attached hydrogen (secondary N) is 1. The molecule has 0 radical (unpaired) electrons. The van der Waals surface area contributed by atoms with E-state index >= 15 is 0 Å². The number of hydrogen-bond donors (Lipinski definition) is 1. The maximum Gasteiger partial charge on any atom is 0.0531 e. The average Bonchev–Trinajstić information content (AvgIpc) is 2.28. The predicted octanol–water partition coefficient (Wildman–Crippen LogP) is 1.73. The van der Waals surface area contributed by atoms with E-state index in [1.807, 2.05) is 7.11 Å². The van der Waals surface area contributed by atoms with Crippen molar-refractivity contribution in [1.29, 1.82) is 0 Å². The second-order valence-corrected chi connectivity index (χ2v) is 6.03. The molecule has 100 valence electrons. The van der Waals surface area contributed by atoms with Crippen molar-refractivity contribution in [2.24, 2.45) is 11.3 Å². The van der Waals surface area contributed by atoms with Crippen LogP contribution in [0.4, 0.5) is 0 Å². The Balaban J connectivity index is 1.78. The summed E-state index contributed by atoms with van der Waals surface area (Å²) in [6.07, 6.45) is 5.30. The quantitative estimate of drug-likeness (QED) is 0.765. The van der Waals surface area contributed by atoms with Gasteiger partial charge in [0.05, 0.1) is 6.61 Å². The first kappa shape index (κ1) is 13.3. The molecule has 0 bridgehead atoms. The molecule has 1 N–H and O–H groups in total. The third-order valence-electron chi connectivity index (χ3n) is 4.40. The Morgan fingerprint density at radius 1 is 1.29 bits per heavy atom. The molecule has 0 aromatic rings. The van der Waals surface area contributed by atoms with Crippen molar-refractivity contribution in [1.82, 2.24) is 10.2 Å². The van der Waals surface area contributed by atoms with E-state index in [4.69, 9.17) is 4.74 Å². The van der Waals surface area contributed by atoms with Gasteiger partial charge in [-0.3, -0.25) is 0 Å². The van der Waals surface area contributed by atoms with Crippen LogP contribution in [0.25, 0.3) is 0 Å². The topological polar surface area (TPSA) is 24.5 Å². The van der Waals surface area contributed by atoms with Crippen LogP contribution in [-0.4, -0.2) is 51.3 Å². The summed E-state index contributed by atoms with van der Waals surface area (Å²) in [5.74, 6) is 0.973. The minimum absolute atomic E-state index is 0.428. The fourth-order valence-corrected chi connectivity index (χ4v) is 3.48. The molecule has 3 nitrogen and oxygen atoms in total. The third kappa shape index (κ3) is 3.43. The number of nitrogens with zero attached hydrogens (tertiary/aromatic N) is 1. The van der Waals surface area contributed by atoms with E-state index in [2.05, 4.69) is 17.1 Å². The number of piperidine rings is 1. The summed E-state index contributed by atoms with van der Waals surface area (Å²) in [6, 6.07) is 0. The number of likely N-dealkylation sites (tertiary alicyclic amines) is 1. The molecule has 2 heterocycles. The van der Waals surface area contributed by atoms with E-state index in [9.17, 15) is 0 Å². The molecule has 2 fully saturated rings. The van der Waals surface area contributed by atoms with Crippen molar-refractivity contribution in [2.75, 3.05) is 46.4 Å². The van der Waals surface area contributed by atoms with Crippen LogP contribution in [0.3, 0.4) is 0 Å². The molecular formula is C14H28N2O. The molecule has 0 amide bonds. The first-order chi connectivity index (χ1) is 8.28. The Labute approximate surface area is 106 Å². The summed E-state index contributed by atoms with van der Waals surface area (Å²) in [5.41, 5.74) is 0.428. The Hall–Kier alpha value is -0.120. The lowest BCUT2D eigenvalue weighted by atomic mass is 9.77. The van der Waals surface area contributed by atoms with Gasteiger partial charge in [0.15, 0.2) is 0 Å². The molecule has 0 atom stereocenters. The van der Waals surface area contributed by atoms with E-state index in [0.29, 0.717) is 5.41 Å². The minimum atomic E-state index is 0.428. The Kier molecular flexibility index (Phi) is 4.83. The number of ether oxygens (including phenoxy) is 1. The molecule has 17 heavy (non-hydrogen) atoms. The Morgan fingerprint density at radius 3 is 2.59 bits per heavy atom. The second kappa shape index (κ2) is 6.17. The summed E-state index contributed by atoms with van der Waals surface area (Å²) < 4.78 is 5.47. The molecule has 2 rings (SSSR count). The van der Waals surface area contributed by atoms with Crippen molar-refractivity contribution in [2.45, 2.75) is 32.6 Å². The van der Waals surface area contributed by atoms with Crippen LogP contribution in [0.2, 0.25) is 0 Å². The molecule has 2 aliphatic heterocycles. The van der Waals surface area contributed by atoms with Gasteiger partial charge in [-0.1, -0.05) is 13.3 Å². The van der Waals surface area contributed by atoms with Crippen LogP contribution in [0, 0.1) is 11.3 Å². The smallest absolute Gasteiger partial charge is 0.0531 e. The highest BCUT2D eigenvalue weighted by Gasteiger charge is 2.37. The lowest BCUT2D eigenvalue weighted by Crippen LogP contribution is -2.54. The molecular weight excluding hydrogens is 212 g/mol. The van der Waals surface area contributed by atoms with E-state index in [-0.39, 0.29) is 0 Å². The Morgan fingerprint density at radius 2 is 2.00 bits per heavy atom. The molecule has 2 aliphatic rings. The highest BCUT2D eigenvalue weighted by molar-refractivity contribution is 4.91. The van der Waals surface area contributed by atoms with E-state index < -0.39 is 0 Å². The van der Waals surface area contributed by atoms with Crippen molar-refractivity contribution >= 4 is 0 Å². The summed E-state index contributed by atoms with van der Waals surface area (Å²) >= 11 is 0. The SMILES string of the molecule is CCCC1CN(CC2(COC)CCNCC2)C1. The van der Waals surface area contributed by atoms with Gasteiger partial charge in [0.1, 0.15) is 0 Å². The molecule has 0 saturated carbocycles. The number of hydrogen-bond acceptors (Lipinski definition) is 3. The van der Waals surface area contributed by atoms with Gasteiger partial charge in [0, 0.05) is 32.2 Å². The van der Waals surface area contributed by atoms with Gasteiger partial charge in [-0.05, 0) is 38.3 Å². The van der Waals surface area contributed by atoms with Gasteiger partial charge in [0.2, 0.25) is 0 Å². The zero-order valence-corrected chi connectivity index (χ0v) is 11.5. The van der Waals surface area contributed by atoms with Crippen LogP contribution in [0.1, 0.15) is 32.6 Å². The molecule has 2 saturated heterocycles. The maximum absolute atomic E-state index is 5.47. The lowest BCUT2D eigenvalue weighted by molar-refractivity contribution is -0.0147. The van der Waals surface area contributed by atoms with Crippen molar-refractivity contribution in [3.05, 3.63) is 0 Å². The van der Waals surface area contributed by atoms with Gasteiger partial charge in [-0.25, -0.2) is 0 Å². The maximum atomic E-state index is 5.47. The highest BCUT2D eigenvalue weighted by Crippen LogP contribution is 2.33. The third-order valence-corrected chi connectivity index (χ3v) is 4.40. The number of methoxy groups -OCH3 is 1. The fourth-order valence-electron chi connectivity index (χ4n) is 3.48. The first-order valence-corrected chi connectivity index (χ1v) is 7.20. The molecule has 0 unspecified atom stereocenters. The van der Waals surface area contributed by atoms with E-state index in [0.717, 1.165) is 25.6 Å². The Bertz CT molecular complexity index is 215. The molecule has 0 aromatic carbocycles. The molecule has 3 heteroatoms. The van der Waals surface area contributed by atoms with Crippen LogP contribution >= 0.6 is 0 Å². The summed E-state index contributed by atoms with van der Waals surface area (Å²) in [4.78, 5) is 2.64. The van der Waals surface area contributed by atoms with Crippen molar-refractivity contribution in [3.8, 4) is 0 Å². The van der Waals surface area contributed by atoms with Crippen LogP contribution < -0.4 is 5.32 Å². The van der Waals surface area contributed by atoms with Gasteiger partial charge >= 0.3 is 0 Å². The monoisotopic (exact) mass is 240 g/mol. The first-order valence-electron chi connectivity index (χ1n) is 7.20. The average molecular weight is 240 g/mol. The van der Waals surface area contributed by atoms with Gasteiger partial charge in [-0.2, -0.15) is 0 Å². The second-order valence-electron chi connectivity index (χ2n) is 6.03. The summed E-state index contributed by atoms with van der Waals surface area (Å²) in [5, 5.41) is 3.46. The number of rotatable bonds is 6.